The first-order valence-electron chi connectivity index (χ1n) is 20.2. The van der Waals surface area contributed by atoms with Crippen molar-refractivity contribution in [1.29, 1.82) is 0 Å². The second-order valence-electron chi connectivity index (χ2n) is 13.9. The minimum atomic E-state index is -4.35. The average Bonchev–Trinajstić information content (AvgIpc) is 3.05. The van der Waals surface area contributed by atoms with Gasteiger partial charge in [-0.25, -0.2) is 0 Å². The fourth-order valence-corrected chi connectivity index (χ4v) is 6.72. The van der Waals surface area contributed by atoms with Crippen molar-refractivity contribution in [3.05, 3.63) is 36.5 Å². The Morgan fingerprint density at radius 2 is 0.896 bits per heavy atom. The van der Waals surface area contributed by atoms with Gasteiger partial charge in [0.2, 0.25) is 5.91 Å². The molecule has 2 unspecified atom stereocenters. The van der Waals surface area contributed by atoms with E-state index in [0.29, 0.717) is 6.42 Å². The maximum absolute atomic E-state index is 12.5. The van der Waals surface area contributed by atoms with Gasteiger partial charge in [0, 0.05) is 6.42 Å². The van der Waals surface area contributed by atoms with E-state index in [1.807, 2.05) is 6.08 Å². The maximum Gasteiger partial charge on any atom is 0.267 e. The second kappa shape index (κ2) is 35.4. The first-order chi connectivity index (χ1) is 23.3. The largest absolute Gasteiger partial charge is 0.387 e. The number of nitrogens with one attached hydrogen (secondary N) is 1. The summed E-state index contributed by atoms with van der Waals surface area (Å²) in [6, 6.07) is -1.08. The van der Waals surface area contributed by atoms with E-state index < -0.39 is 28.0 Å². The Balaban J connectivity index is 3.97. The van der Waals surface area contributed by atoms with Gasteiger partial charge in [-0.15, -0.1) is 0 Å². The molecule has 0 aliphatic rings. The lowest BCUT2D eigenvalue weighted by Crippen LogP contribution is -2.46. The standard InChI is InChI=1S/C41H77NO5S/c1-3-5-7-9-11-13-15-17-18-19-20-21-22-23-25-26-28-30-32-34-36-40(43)39(38-48(45,46)47)42-41(44)37-35-33-31-29-27-24-16-14-12-10-8-6-4-2/h14,16,26,28,34,36,39-40,43H,3-13,15,17-25,27,29-33,35,37-38H2,1-2H3,(H,42,44)(H,45,46,47)/b16-14-,28-26+,36-34+. The summed E-state index contributed by atoms with van der Waals surface area (Å²) >= 11 is 0. The number of aliphatic hydroxyl groups is 1. The molecule has 3 N–H and O–H groups in total. The number of unbranched alkanes of at least 4 members (excludes halogenated alkanes) is 24. The molecule has 0 heterocycles. The highest BCUT2D eigenvalue weighted by Crippen LogP contribution is 2.14. The van der Waals surface area contributed by atoms with Crippen molar-refractivity contribution in [2.24, 2.45) is 0 Å². The Labute approximate surface area is 297 Å². The van der Waals surface area contributed by atoms with Crippen LogP contribution in [0.15, 0.2) is 36.5 Å². The van der Waals surface area contributed by atoms with E-state index in [2.05, 4.69) is 43.5 Å². The number of rotatable bonds is 36. The van der Waals surface area contributed by atoms with Crippen LogP contribution >= 0.6 is 0 Å². The Bertz CT molecular complexity index is 899. The normalized spacial score (nSPS) is 13.7. The van der Waals surface area contributed by atoms with Crippen LogP contribution in [0.3, 0.4) is 0 Å². The van der Waals surface area contributed by atoms with Gasteiger partial charge in [0.15, 0.2) is 0 Å². The van der Waals surface area contributed by atoms with Gasteiger partial charge in [0.05, 0.1) is 17.9 Å². The fraction of sp³-hybridized carbons (Fsp3) is 0.829. The molecular formula is C41H77NO5S. The predicted octanol–water partition coefficient (Wildman–Crippen LogP) is 11.7. The van der Waals surface area contributed by atoms with Crippen molar-refractivity contribution < 1.29 is 22.9 Å². The smallest absolute Gasteiger partial charge is 0.267 e. The predicted molar refractivity (Wildman–Crippen MR) is 207 cm³/mol. The van der Waals surface area contributed by atoms with Crippen LogP contribution in [-0.2, 0) is 14.9 Å². The highest BCUT2D eigenvalue weighted by molar-refractivity contribution is 7.85. The van der Waals surface area contributed by atoms with E-state index >= 15 is 0 Å². The molecule has 0 aliphatic heterocycles. The lowest BCUT2D eigenvalue weighted by atomic mass is 10.0. The molecule has 282 valence electrons. The van der Waals surface area contributed by atoms with Crippen molar-refractivity contribution in [3.63, 3.8) is 0 Å². The van der Waals surface area contributed by atoms with Crippen LogP contribution in [0, 0.1) is 0 Å². The topological polar surface area (TPSA) is 104 Å². The zero-order valence-corrected chi connectivity index (χ0v) is 32.2. The molecule has 0 aromatic rings. The highest BCUT2D eigenvalue weighted by Gasteiger charge is 2.24. The fourth-order valence-electron chi connectivity index (χ4n) is 5.99. The molecule has 48 heavy (non-hydrogen) atoms. The van der Waals surface area contributed by atoms with Gasteiger partial charge in [-0.3, -0.25) is 9.35 Å². The molecular weight excluding hydrogens is 619 g/mol. The monoisotopic (exact) mass is 696 g/mol. The zero-order valence-electron chi connectivity index (χ0n) is 31.4. The third kappa shape index (κ3) is 35.9. The molecule has 0 spiro atoms. The Kier molecular flexibility index (Phi) is 34.3. The molecule has 0 saturated carbocycles. The van der Waals surface area contributed by atoms with Crippen LogP contribution in [0.2, 0.25) is 0 Å². The highest BCUT2D eigenvalue weighted by atomic mass is 32.2. The van der Waals surface area contributed by atoms with Crippen molar-refractivity contribution in [2.45, 2.75) is 212 Å². The third-order valence-electron chi connectivity index (χ3n) is 9.04. The Morgan fingerprint density at radius 1 is 0.542 bits per heavy atom. The van der Waals surface area contributed by atoms with Crippen LogP contribution in [0.5, 0.6) is 0 Å². The first kappa shape index (κ1) is 46.6. The molecule has 0 fully saturated rings. The van der Waals surface area contributed by atoms with Crippen LogP contribution in [-0.4, -0.2) is 41.9 Å². The first-order valence-corrected chi connectivity index (χ1v) is 21.8. The number of hydrogen-bond donors (Lipinski definition) is 3. The van der Waals surface area contributed by atoms with E-state index in [-0.39, 0.29) is 12.3 Å². The van der Waals surface area contributed by atoms with Gasteiger partial charge in [-0.2, -0.15) is 8.42 Å². The number of aliphatic hydroxyl groups excluding tert-OH is 1. The molecule has 6 nitrogen and oxygen atoms in total. The van der Waals surface area contributed by atoms with Crippen LogP contribution < -0.4 is 5.32 Å². The van der Waals surface area contributed by atoms with Crippen molar-refractivity contribution in [3.8, 4) is 0 Å². The molecule has 0 bridgehead atoms. The number of allylic oxidation sites excluding steroid dienone is 5. The summed E-state index contributed by atoms with van der Waals surface area (Å²) in [5, 5.41) is 13.2. The lowest BCUT2D eigenvalue weighted by molar-refractivity contribution is -0.122. The van der Waals surface area contributed by atoms with Gasteiger partial charge in [-0.05, 0) is 57.8 Å². The summed E-state index contributed by atoms with van der Waals surface area (Å²) in [5.74, 6) is -1.01. The summed E-state index contributed by atoms with van der Waals surface area (Å²) < 4.78 is 32.4. The van der Waals surface area contributed by atoms with Gasteiger partial charge in [0.25, 0.3) is 10.1 Å². The second-order valence-corrected chi connectivity index (χ2v) is 15.4. The summed E-state index contributed by atoms with van der Waals surface area (Å²) in [5.41, 5.74) is 0. The summed E-state index contributed by atoms with van der Waals surface area (Å²) in [4.78, 5) is 12.5. The van der Waals surface area contributed by atoms with E-state index in [1.165, 1.54) is 128 Å². The number of carbonyl (C=O) groups is 1. The molecule has 0 saturated heterocycles. The van der Waals surface area contributed by atoms with Crippen molar-refractivity contribution >= 4 is 16.0 Å². The van der Waals surface area contributed by atoms with E-state index in [9.17, 15) is 22.9 Å². The quantitative estimate of drug-likeness (QED) is 0.0344. The number of hydrogen-bond acceptors (Lipinski definition) is 4. The molecule has 0 aromatic carbocycles. The van der Waals surface area contributed by atoms with Gasteiger partial charge in [-0.1, -0.05) is 172 Å². The summed E-state index contributed by atoms with van der Waals surface area (Å²) in [6.07, 6.45) is 45.6. The minimum absolute atomic E-state index is 0.278. The van der Waals surface area contributed by atoms with Crippen molar-refractivity contribution in [1.82, 2.24) is 5.32 Å². The average molecular weight is 696 g/mol. The lowest BCUT2D eigenvalue weighted by Gasteiger charge is -2.21. The van der Waals surface area contributed by atoms with Crippen LogP contribution in [0.4, 0.5) is 0 Å². The molecule has 0 aromatic heterocycles. The third-order valence-corrected chi connectivity index (χ3v) is 9.82. The SMILES string of the molecule is CCCCCC/C=C\CCCCCCCC(=O)NC(CS(=O)(=O)O)C(O)/C=C/CC/C=C/CCCCCCCCCCCCCCCC. The Hall–Kier alpha value is -1.44. The molecule has 2 atom stereocenters. The number of amides is 1. The van der Waals surface area contributed by atoms with Gasteiger partial charge < -0.3 is 10.4 Å². The molecule has 0 radical (unpaired) electrons. The summed E-state index contributed by atoms with van der Waals surface area (Å²) in [6.45, 7) is 4.50. The minimum Gasteiger partial charge on any atom is -0.387 e. The number of carbonyl (C=O) groups excluding carboxylic acids is 1. The van der Waals surface area contributed by atoms with Crippen LogP contribution in [0.25, 0.3) is 0 Å². The molecule has 7 heteroatoms. The van der Waals surface area contributed by atoms with Gasteiger partial charge in [0.1, 0.15) is 0 Å². The van der Waals surface area contributed by atoms with Crippen LogP contribution in [0.1, 0.15) is 200 Å². The van der Waals surface area contributed by atoms with E-state index in [1.54, 1.807) is 0 Å². The Morgan fingerprint density at radius 3 is 1.33 bits per heavy atom. The summed E-state index contributed by atoms with van der Waals surface area (Å²) in [7, 11) is -4.35. The molecule has 0 aliphatic carbocycles. The van der Waals surface area contributed by atoms with E-state index in [0.717, 1.165) is 51.4 Å². The van der Waals surface area contributed by atoms with E-state index in [4.69, 9.17) is 0 Å². The molecule has 1 amide bonds. The zero-order chi connectivity index (χ0) is 35.4. The maximum atomic E-state index is 12.5. The molecule has 0 rings (SSSR count). The van der Waals surface area contributed by atoms with Crippen molar-refractivity contribution in [2.75, 3.05) is 5.75 Å². The van der Waals surface area contributed by atoms with Gasteiger partial charge >= 0.3 is 0 Å².